The Morgan fingerprint density at radius 1 is 1.50 bits per heavy atom. The van der Waals surface area contributed by atoms with Crippen LogP contribution in [-0.4, -0.2) is 41.2 Å². The van der Waals surface area contributed by atoms with Gasteiger partial charge in [-0.15, -0.1) is 0 Å². The van der Waals surface area contributed by atoms with E-state index in [0.29, 0.717) is 19.8 Å². The van der Waals surface area contributed by atoms with Gasteiger partial charge >= 0.3 is 5.97 Å². The standard InChI is InChI=1S/C16H24N2O4/c1-16(10-21-2)5-3-11(4-6-16)13-12-9-22-8-7-18(12)17-14(13)15(19)20/h11H,3-10H2,1-2H3,(H,19,20). The first-order chi connectivity index (χ1) is 10.5. The van der Waals surface area contributed by atoms with Crippen molar-refractivity contribution in [2.45, 2.75) is 51.7 Å². The number of carboxylic acid groups (broad SMARTS) is 1. The lowest BCUT2D eigenvalue weighted by Gasteiger charge is -2.37. The van der Waals surface area contributed by atoms with E-state index < -0.39 is 5.97 Å². The summed E-state index contributed by atoms with van der Waals surface area (Å²) in [5.41, 5.74) is 2.30. The summed E-state index contributed by atoms with van der Waals surface area (Å²) in [4.78, 5) is 11.6. The highest BCUT2D eigenvalue weighted by molar-refractivity contribution is 5.87. The SMILES string of the molecule is COCC1(C)CCC(c2c(C(=O)O)nn3c2COCC3)CC1. The number of ether oxygens (including phenoxy) is 2. The molecule has 2 aliphatic rings. The lowest BCUT2D eigenvalue weighted by Crippen LogP contribution is -2.29. The molecule has 0 aromatic carbocycles. The second-order valence-electron chi connectivity index (χ2n) is 6.81. The van der Waals surface area contributed by atoms with Crippen molar-refractivity contribution in [2.24, 2.45) is 5.41 Å². The summed E-state index contributed by atoms with van der Waals surface area (Å²) in [6.45, 7) is 4.73. The minimum atomic E-state index is -0.929. The Balaban J connectivity index is 1.86. The van der Waals surface area contributed by atoms with Crippen molar-refractivity contribution in [3.05, 3.63) is 17.0 Å². The van der Waals surface area contributed by atoms with Gasteiger partial charge in [0.15, 0.2) is 5.69 Å². The molecule has 0 amide bonds. The van der Waals surface area contributed by atoms with Gasteiger partial charge in [0.25, 0.3) is 0 Å². The zero-order valence-electron chi connectivity index (χ0n) is 13.3. The first kappa shape index (κ1) is 15.5. The second-order valence-corrected chi connectivity index (χ2v) is 6.81. The van der Waals surface area contributed by atoms with Crippen LogP contribution in [-0.2, 0) is 22.6 Å². The van der Waals surface area contributed by atoms with E-state index in [1.54, 1.807) is 7.11 Å². The molecule has 1 fully saturated rings. The molecule has 0 bridgehead atoms. The van der Waals surface area contributed by atoms with Crippen LogP contribution in [0.1, 0.15) is 60.3 Å². The van der Waals surface area contributed by atoms with E-state index >= 15 is 0 Å². The second kappa shape index (κ2) is 6.01. The van der Waals surface area contributed by atoms with Crippen molar-refractivity contribution in [1.29, 1.82) is 0 Å². The van der Waals surface area contributed by atoms with E-state index in [1.807, 2.05) is 4.68 Å². The van der Waals surface area contributed by atoms with Gasteiger partial charge in [-0.05, 0) is 37.0 Å². The van der Waals surface area contributed by atoms with Crippen LogP contribution in [0.2, 0.25) is 0 Å². The van der Waals surface area contributed by atoms with E-state index in [0.717, 1.165) is 43.5 Å². The largest absolute Gasteiger partial charge is 0.476 e. The van der Waals surface area contributed by atoms with Gasteiger partial charge in [-0.25, -0.2) is 4.79 Å². The first-order valence-electron chi connectivity index (χ1n) is 7.93. The van der Waals surface area contributed by atoms with E-state index in [4.69, 9.17) is 9.47 Å². The molecule has 22 heavy (non-hydrogen) atoms. The van der Waals surface area contributed by atoms with E-state index in [9.17, 15) is 9.90 Å². The fourth-order valence-electron chi connectivity index (χ4n) is 3.85. The van der Waals surface area contributed by atoms with E-state index in [-0.39, 0.29) is 17.0 Å². The Labute approximate surface area is 130 Å². The van der Waals surface area contributed by atoms with Gasteiger partial charge in [0.1, 0.15) is 0 Å². The molecule has 1 aromatic heterocycles. The van der Waals surface area contributed by atoms with Crippen molar-refractivity contribution >= 4 is 5.97 Å². The molecule has 0 spiro atoms. The van der Waals surface area contributed by atoms with Crippen LogP contribution in [0.5, 0.6) is 0 Å². The molecule has 1 N–H and O–H groups in total. The van der Waals surface area contributed by atoms with E-state index in [2.05, 4.69) is 12.0 Å². The highest BCUT2D eigenvalue weighted by Gasteiger charge is 2.36. The summed E-state index contributed by atoms with van der Waals surface area (Å²) in [7, 11) is 1.74. The van der Waals surface area contributed by atoms with Crippen LogP contribution in [0.4, 0.5) is 0 Å². The summed E-state index contributed by atoms with van der Waals surface area (Å²) in [5.74, 6) is -0.663. The summed E-state index contributed by atoms with van der Waals surface area (Å²) in [6, 6.07) is 0. The van der Waals surface area contributed by atoms with Crippen LogP contribution < -0.4 is 0 Å². The first-order valence-corrected chi connectivity index (χ1v) is 7.93. The molecular weight excluding hydrogens is 284 g/mol. The monoisotopic (exact) mass is 308 g/mol. The molecule has 1 saturated carbocycles. The van der Waals surface area contributed by atoms with Crippen molar-refractivity contribution in [2.75, 3.05) is 20.3 Å². The van der Waals surface area contributed by atoms with E-state index in [1.165, 1.54) is 0 Å². The van der Waals surface area contributed by atoms with Crippen molar-refractivity contribution in [3.8, 4) is 0 Å². The number of carbonyl (C=O) groups is 1. The Bertz CT molecular complexity index is 559. The molecule has 6 heteroatoms. The van der Waals surface area contributed by atoms with Crippen LogP contribution in [0.25, 0.3) is 0 Å². The fourth-order valence-corrected chi connectivity index (χ4v) is 3.85. The Kier molecular flexibility index (Phi) is 4.23. The number of rotatable bonds is 4. The topological polar surface area (TPSA) is 73.6 Å². The zero-order chi connectivity index (χ0) is 15.7. The molecule has 0 unspecified atom stereocenters. The zero-order valence-corrected chi connectivity index (χ0v) is 13.3. The normalized spacial score (nSPS) is 28.4. The minimum Gasteiger partial charge on any atom is -0.476 e. The summed E-state index contributed by atoms with van der Waals surface area (Å²) >= 11 is 0. The maximum Gasteiger partial charge on any atom is 0.356 e. The number of hydrogen-bond acceptors (Lipinski definition) is 4. The third kappa shape index (κ3) is 2.77. The smallest absolute Gasteiger partial charge is 0.356 e. The lowest BCUT2D eigenvalue weighted by molar-refractivity contribution is 0.0564. The highest BCUT2D eigenvalue weighted by Crippen LogP contribution is 2.44. The molecule has 1 aliphatic carbocycles. The number of methoxy groups -OCH3 is 1. The van der Waals surface area contributed by atoms with Crippen molar-refractivity contribution in [1.82, 2.24) is 9.78 Å². The molecule has 122 valence electrons. The maximum atomic E-state index is 11.6. The predicted octanol–water partition coefficient (Wildman–Crippen LogP) is 2.42. The summed E-state index contributed by atoms with van der Waals surface area (Å²) in [6.07, 6.45) is 4.07. The van der Waals surface area contributed by atoms with Crippen LogP contribution in [0, 0.1) is 5.41 Å². The summed E-state index contributed by atoms with van der Waals surface area (Å²) < 4.78 is 12.7. The Hall–Kier alpha value is -1.40. The average molecular weight is 308 g/mol. The molecule has 3 rings (SSSR count). The fraction of sp³-hybridized carbons (Fsp3) is 0.750. The van der Waals surface area contributed by atoms with Gasteiger partial charge in [0, 0.05) is 12.7 Å². The molecule has 2 heterocycles. The van der Waals surface area contributed by atoms with Gasteiger partial charge in [0.2, 0.25) is 0 Å². The quantitative estimate of drug-likeness (QED) is 0.924. The Morgan fingerprint density at radius 2 is 2.23 bits per heavy atom. The number of carboxylic acids is 1. The third-order valence-electron chi connectivity index (χ3n) is 5.08. The number of aromatic carboxylic acids is 1. The van der Waals surface area contributed by atoms with Gasteiger partial charge in [0.05, 0.1) is 32.1 Å². The number of hydrogen-bond donors (Lipinski definition) is 1. The van der Waals surface area contributed by atoms with Gasteiger partial charge in [-0.2, -0.15) is 5.10 Å². The van der Waals surface area contributed by atoms with Gasteiger partial charge in [-0.1, -0.05) is 6.92 Å². The molecule has 1 aromatic rings. The molecular formula is C16H24N2O4. The predicted molar refractivity (Wildman–Crippen MR) is 80.0 cm³/mol. The highest BCUT2D eigenvalue weighted by atomic mass is 16.5. The van der Waals surface area contributed by atoms with Gasteiger partial charge in [-0.3, -0.25) is 4.68 Å². The number of aromatic nitrogens is 2. The minimum absolute atomic E-state index is 0.207. The third-order valence-corrected chi connectivity index (χ3v) is 5.08. The average Bonchev–Trinajstić information content (AvgIpc) is 2.88. The molecule has 6 nitrogen and oxygen atoms in total. The van der Waals surface area contributed by atoms with Crippen molar-refractivity contribution < 1.29 is 19.4 Å². The van der Waals surface area contributed by atoms with Gasteiger partial charge < -0.3 is 14.6 Å². The van der Waals surface area contributed by atoms with Crippen molar-refractivity contribution in [3.63, 3.8) is 0 Å². The van der Waals surface area contributed by atoms with Crippen LogP contribution >= 0.6 is 0 Å². The summed E-state index contributed by atoms with van der Waals surface area (Å²) in [5, 5.41) is 13.8. The number of fused-ring (bicyclic) bond motifs is 1. The molecule has 0 atom stereocenters. The lowest BCUT2D eigenvalue weighted by atomic mass is 9.70. The maximum absolute atomic E-state index is 11.6. The molecule has 0 saturated heterocycles. The van der Waals surface area contributed by atoms with Crippen LogP contribution in [0.15, 0.2) is 0 Å². The molecule has 1 aliphatic heterocycles. The number of nitrogens with zero attached hydrogens (tertiary/aromatic N) is 2. The Morgan fingerprint density at radius 3 is 2.86 bits per heavy atom. The molecule has 0 radical (unpaired) electrons. The van der Waals surface area contributed by atoms with Crippen LogP contribution in [0.3, 0.4) is 0 Å².